The number of anilines is 1. The van der Waals surface area contributed by atoms with Crippen LogP contribution in [0.4, 0.5) is 5.82 Å². The molecule has 0 atom stereocenters. The van der Waals surface area contributed by atoms with E-state index in [9.17, 15) is 9.90 Å². The number of pyridine rings is 1. The molecular formula is C20H34N4O3S2. The molecule has 164 valence electrons. The number of aliphatic hydroxyl groups excluding tert-OH is 1. The van der Waals surface area contributed by atoms with Crippen LogP contribution in [0.1, 0.15) is 31.5 Å². The fraction of sp³-hybridized carbons (Fsp3) is 0.600. The lowest BCUT2D eigenvalue weighted by Crippen LogP contribution is -2.29. The Hall–Kier alpha value is -1.26. The molecule has 0 unspecified atom stereocenters. The van der Waals surface area contributed by atoms with Gasteiger partial charge in [0.05, 0.1) is 13.2 Å². The monoisotopic (exact) mass is 442 g/mol. The van der Waals surface area contributed by atoms with Crippen molar-refractivity contribution in [1.82, 2.24) is 14.8 Å². The van der Waals surface area contributed by atoms with Gasteiger partial charge in [-0.2, -0.15) is 0 Å². The van der Waals surface area contributed by atoms with E-state index in [-0.39, 0.29) is 6.61 Å². The van der Waals surface area contributed by atoms with Crippen molar-refractivity contribution >= 4 is 33.8 Å². The summed E-state index contributed by atoms with van der Waals surface area (Å²) in [5.41, 5.74) is 8.48. The van der Waals surface area contributed by atoms with Crippen molar-refractivity contribution in [1.29, 1.82) is 0 Å². The number of aliphatic hydroxyl groups is 1. The van der Waals surface area contributed by atoms with E-state index in [2.05, 4.69) is 16.8 Å². The van der Waals surface area contributed by atoms with Gasteiger partial charge >= 0.3 is 0 Å². The SMILES string of the molecule is CCN(CCOC)CCSS/C(CCO)=C(/C)N(C=O)Cc1ccc(C)nc1N. The molecule has 29 heavy (non-hydrogen) atoms. The third kappa shape index (κ3) is 9.39. The van der Waals surface area contributed by atoms with Gasteiger partial charge in [-0.3, -0.25) is 4.79 Å². The van der Waals surface area contributed by atoms with Crippen LogP contribution in [0.3, 0.4) is 0 Å². The van der Waals surface area contributed by atoms with Crippen LogP contribution in [0.2, 0.25) is 0 Å². The summed E-state index contributed by atoms with van der Waals surface area (Å²) in [5, 5.41) is 9.47. The second-order valence-corrected chi connectivity index (χ2v) is 9.06. The zero-order valence-electron chi connectivity index (χ0n) is 17.9. The van der Waals surface area contributed by atoms with Crippen LogP contribution in [-0.2, 0) is 16.1 Å². The molecule has 1 amide bonds. The molecule has 0 aliphatic rings. The lowest BCUT2D eigenvalue weighted by Gasteiger charge is -2.23. The average Bonchev–Trinajstić information content (AvgIpc) is 2.71. The first-order valence-electron chi connectivity index (χ1n) is 9.72. The van der Waals surface area contributed by atoms with Gasteiger partial charge in [-0.1, -0.05) is 34.6 Å². The number of nitrogen functional groups attached to an aromatic ring is 1. The fourth-order valence-electron chi connectivity index (χ4n) is 2.63. The number of hydrogen-bond donors (Lipinski definition) is 2. The molecule has 9 heteroatoms. The van der Waals surface area contributed by atoms with Crippen LogP contribution in [0.25, 0.3) is 0 Å². The minimum absolute atomic E-state index is 0.0378. The molecule has 0 saturated carbocycles. The molecule has 1 rings (SSSR count). The highest BCUT2D eigenvalue weighted by molar-refractivity contribution is 8.78. The zero-order valence-corrected chi connectivity index (χ0v) is 19.5. The van der Waals surface area contributed by atoms with Crippen LogP contribution in [-0.4, -0.2) is 72.0 Å². The molecule has 3 N–H and O–H groups in total. The molecule has 1 heterocycles. The number of aryl methyl sites for hydroxylation is 1. The second kappa shape index (κ2) is 14.7. The number of likely N-dealkylation sites (N-methyl/N-ethyl adjacent to an activating group) is 1. The van der Waals surface area contributed by atoms with Crippen molar-refractivity contribution in [3.63, 3.8) is 0 Å². The Bertz CT molecular complexity index is 659. The van der Waals surface area contributed by atoms with Crippen LogP contribution in [0, 0.1) is 6.92 Å². The Morgan fingerprint density at radius 2 is 2.14 bits per heavy atom. The Morgan fingerprint density at radius 1 is 1.38 bits per heavy atom. The van der Waals surface area contributed by atoms with E-state index in [4.69, 9.17) is 10.5 Å². The van der Waals surface area contributed by atoms with Gasteiger partial charge < -0.3 is 25.4 Å². The smallest absolute Gasteiger partial charge is 0.214 e. The number of carbonyl (C=O) groups excluding carboxylic acids is 1. The van der Waals surface area contributed by atoms with Crippen molar-refractivity contribution in [3.05, 3.63) is 34.0 Å². The van der Waals surface area contributed by atoms with E-state index in [1.165, 1.54) is 0 Å². The van der Waals surface area contributed by atoms with E-state index < -0.39 is 0 Å². The molecular weight excluding hydrogens is 408 g/mol. The zero-order chi connectivity index (χ0) is 21.6. The highest BCUT2D eigenvalue weighted by Gasteiger charge is 2.14. The standard InChI is InChI=1S/C20H34N4O3S2/c1-5-23(9-12-27-4)10-13-28-29-19(8-11-25)17(3)24(15-26)14-18-7-6-16(2)22-20(18)21/h6-7,15,25H,5,8-14H2,1-4H3,(H2,21,22)/b19-17-. The van der Waals surface area contributed by atoms with Crippen LogP contribution in [0.5, 0.6) is 0 Å². The highest BCUT2D eigenvalue weighted by Crippen LogP contribution is 2.35. The highest BCUT2D eigenvalue weighted by atomic mass is 33.1. The molecule has 0 bridgehead atoms. The van der Waals surface area contributed by atoms with Gasteiger partial charge in [0, 0.05) is 60.8 Å². The van der Waals surface area contributed by atoms with Crippen molar-refractivity contribution in [2.75, 3.05) is 51.4 Å². The second-order valence-electron chi connectivity index (χ2n) is 6.54. The summed E-state index contributed by atoms with van der Waals surface area (Å²) in [6, 6.07) is 3.78. The molecule has 0 saturated heterocycles. The molecule has 0 fully saturated rings. The van der Waals surface area contributed by atoms with Gasteiger partial charge in [-0.25, -0.2) is 4.98 Å². The maximum atomic E-state index is 11.7. The van der Waals surface area contributed by atoms with E-state index in [1.54, 1.807) is 33.6 Å². The van der Waals surface area contributed by atoms with E-state index in [1.807, 2.05) is 26.0 Å². The summed E-state index contributed by atoms with van der Waals surface area (Å²) in [6.45, 7) is 9.91. The lowest BCUT2D eigenvalue weighted by molar-refractivity contribution is -0.116. The van der Waals surface area contributed by atoms with Gasteiger partial charge in [-0.15, -0.1) is 0 Å². The van der Waals surface area contributed by atoms with Gasteiger partial charge in [0.15, 0.2) is 0 Å². The predicted octanol–water partition coefficient (Wildman–Crippen LogP) is 2.89. The van der Waals surface area contributed by atoms with E-state index in [0.29, 0.717) is 18.8 Å². The first-order chi connectivity index (χ1) is 14.0. The number of methoxy groups -OCH3 is 1. The number of nitrogens with zero attached hydrogens (tertiary/aromatic N) is 3. The number of amides is 1. The van der Waals surface area contributed by atoms with Crippen LogP contribution >= 0.6 is 21.6 Å². The number of hydrogen-bond acceptors (Lipinski definition) is 8. The fourth-order valence-corrected chi connectivity index (χ4v) is 5.11. The number of rotatable bonds is 15. The average molecular weight is 443 g/mol. The maximum absolute atomic E-state index is 11.7. The normalized spacial score (nSPS) is 12.2. The number of aromatic nitrogens is 1. The molecule has 0 aromatic carbocycles. The van der Waals surface area contributed by atoms with Crippen molar-refractivity contribution in [2.24, 2.45) is 0 Å². The molecule has 0 radical (unpaired) electrons. The van der Waals surface area contributed by atoms with Crippen molar-refractivity contribution < 1.29 is 14.6 Å². The van der Waals surface area contributed by atoms with Gasteiger partial charge in [-0.05, 0) is 26.5 Å². The number of carbonyl (C=O) groups is 1. The summed E-state index contributed by atoms with van der Waals surface area (Å²) in [7, 11) is 5.07. The van der Waals surface area contributed by atoms with Gasteiger partial charge in [0.1, 0.15) is 5.82 Å². The van der Waals surface area contributed by atoms with Crippen LogP contribution in [0.15, 0.2) is 22.7 Å². The quantitative estimate of drug-likeness (QED) is 0.243. The molecule has 1 aromatic heterocycles. The number of ether oxygens (including phenoxy) is 1. The predicted molar refractivity (Wildman–Crippen MR) is 123 cm³/mol. The largest absolute Gasteiger partial charge is 0.396 e. The third-order valence-electron chi connectivity index (χ3n) is 4.50. The molecule has 0 aliphatic carbocycles. The first-order valence-corrected chi connectivity index (χ1v) is 12.0. The molecule has 0 spiro atoms. The minimum atomic E-state index is 0.0378. The minimum Gasteiger partial charge on any atom is -0.396 e. The summed E-state index contributed by atoms with van der Waals surface area (Å²) >= 11 is 0. The number of allylic oxidation sites excluding steroid dienone is 1. The third-order valence-corrected chi connectivity index (χ3v) is 7.13. The van der Waals surface area contributed by atoms with E-state index >= 15 is 0 Å². The summed E-state index contributed by atoms with van der Waals surface area (Å²) in [5.74, 6) is 1.38. The molecule has 0 aliphatic heterocycles. The van der Waals surface area contributed by atoms with Crippen molar-refractivity contribution in [2.45, 2.75) is 33.7 Å². The summed E-state index contributed by atoms with van der Waals surface area (Å²) in [4.78, 5) is 20.9. The molecule has 1 aromatic rings. The lowest BCUT2D eigenvalue weighted by atomic mass is 10.2. The van der Waals surface area contributed by atoms with Gasteiger partial charge in [0.2, 0.25) is 6.41 Å². The van der Waals surface area contributed by atoms with Crippen molar-refractivity contribution in [3.8, 4) is 0 Å². The Labute approximate surface area is 182 Å². The Morgan fingerprint density at radius 3 is 2.72 bits per heavy atom. The Balaban J connectivity index is 2.74. The van der Waals surface area contributed by atoms with E-state index in [0.717, 1.165) is 60.3 Å². The van der Waals surface area contributed by atoms with Crippen LogP contribution < -0.4 is 5.73 Å². The summed E-state index contributed by atoms with van der Waals surface area (Å²) < 4.78 is 5.14. The first kappa shape index (κ1) is 25.8. The summed E-state index contributed by atoms with van der Waals surface area (Å²) in [6.07, 6.45) is 1.32. The Kier molecular flexibility index (Phi) is 13.0. The number of nitrogens with two attached hydrogens (primary N) is 1. The van der Waals surface area contributed by atoms with Gasteiger partial charge in [0.25, 0.3) is 0 Å². The maximum Gasteiger partial charge on any atom is 0.214 e. The topological polar surface area (TPSA) is 91.9 Å². The molecule has 7 nitrogen and oxygen atoms in total.